The molecule has 3 N–H and O–H groups in total. The van der Waals surface area contributed by atoms with Crippen LogP contribution < -0.4 is 5.73 Å². The van der Waals surface area contributed by atoms with Crippen molar-refractivity contribution in [2.24, 2.45) is 5.73 Å². The van der Waals surface area contributed by atoms with Gasteiger partial charge in [-0.05, 0) is 18.0 Å². The summed E-state index contributed by atoms with van der Waals surface area (Å²) in [6.45, 7) is 0.775. The highest BCUT2D eigenvalue weighted by atomic mass is 16.6. The first-order valence-electron chi connectivity index (χ1n) is 4.75. The zero-order valence-corrected chi connectivity index (χ0v) is 8.50. The van der Waals surface area contributed by atoms with Crippen molar-refractivity contribution in [3.8, 4) is 0 Å². The van der Waals surface area contributed by atoms with Gasteiger partial charge in [-0.3, -0.25) is 5.41 Å². The van der Waals surface area contributed by atoms with Crippen LogP contribution >= 0.6 is 0 Å². The molecule has 0 fully saturated rings. The fourth-order valence-corrected chi connectivity index (χ4v) is 1.34. The molecule has 16 heavy (non-hydrogen) atoms. The lowest BCUT2D eigenvalue weighted by atomic mass is 10.2. The lowest BCUT2D eigenvalue weighted by molar-refractivity contribution is 0.302. The van der Waals surface area contributed by atoms with Gasteiger partial charge in [0.25, 0.3) is 0 Å². The van der Waals surface area contributed by atoms with Crippen LogP contribution in [0.4, 0.5) is 0 Å². The number of aromatic nitrogens is 5. The normalized spacial score (nSPS) is 10.5. The first kappa shape index (κ1) is 10.3. The molecule has 0 aliphatic carbocycles. The molecule has 0 aliphatic heterocycles. The van der Waals surface area contributed by atoms with Crippen molar-refractivity contribution >= 4 is 5.84 Å². The van der Waals surface area contributed by atoms with Crippen molar-refractivity contribution < 1.29 is 4.63 Å². The smallest absolute Gasteiger partial charge is 0.172 e. The topological polar surface area (TPSA) is 120 Å². The van der Waals surface area contributed by atoms with Crippen LogP contribution in [0.2, 0.25) is 0 Å². The molecular weight excluding hydrogens is 210 g/mol. The molecule has 0 saturated carbocycles. The average molecular weight is 221 g/mol. The summed E-state index contributed by atoms with van der Waals surface area (Å²) in [6, 6.07) is 0. The summed E-state index contributed by atoms with van der Waals surface area (Å²) >= 11 is 0. The van der Waals surface area contributed by atoms with E-state index in [-0.39, 0.29) is 5.84 Å². The number of hydrogen-bond donors (Lipinski definition) is 2. The Balaban J connectivity index is 1.90. The Bertz CT molecular complexity index is 460. The van der Waals surface area contributed by atoms with E-state index in [0.717, 1.165) is 13.0 Å². The number of amidine groups is 1. The molecule has 8 nitrogen and oxygen atoms in total. The highest BCUT2D eigenvalue weighted by Crippen LogP contribution is 2.05. The van der Waals surface area contributed by atoms with Crippen LogP contribution in [-0.2, 0) is 13.0 Å². The first-order valence-corrected chi connectivity index (χ1v) is 4.75. The number of nitrogens with two attached hydrogens (primary N) is 1. The SMILES string of the molecule is N=C(N)c1nonc1CCCn1cnnc1. The fourth-order valence-electron chi connectivity index (χ4n) is 1.34. The molecule has 0 radical (unpaired) electrons. The molecule has 2 heterocycles. The van der Waals surface area contributed by atoms with Gasteiger partial charge in [-0.1, -0.05) is 5.16 Å². The molecule has 0 aromatic carbocycles. The summed E-state index contributed by atoms with van der Waals surface area (Å²) in [5, 5.41) is 21.9. The van der Waals surface area contributed by atoms with E-state index >= 15 is 0 Å². The lowest BCUT2D eigenvalue weighted by Gasteiger charge is -1.99. The third-order valence-electron chi connectivity index (χ3n) is 2.11. The van der Waals surface area contributed by atoms with Crippen molar-refractivity contribution in [1.29, 1.82) is 5.41 Å². The second kappa shape index (κ2) is 4.51. The predicted octanol–water partition coefficient (Wildman–Crippen LogP) is -0.422. The van der Waals surface area contributed by atoms with Gasteiger partial charge >= 0.3 is 0 Å². The Morgan fingerprint density at radius 2 is 2.12 bits per heavy atom. The molecule has 0 spiro atoms. The molecule has 2 rings (SSSR count). The predicted molar refractivity (Wildman–Crippen MR) is 53.7 cm³/mol. The third-order valence-corrected chi connectivity index (χ3v) is 2.11. The van der Waals surface area contributed by atoms with Crippen LogP contribution in [0, 0.1) is 5.41 Å². The monoisotopic (exact) mass is 221 g/mol. The molecule has 0 atom stereocenters. The van der Waals surface area contributed by atoms with E-state index < -0.39 is 0 Å². The number of nitrogen functional groups attached to an aromatic ring is 1. The molecule has 0 saturated heterocycles. The van der Waals surface area contributed by atoms with Crippen LogP contribution in [0.25, 0.3) is 0 Å². The quantitative estimate of drug-likeness (QED) is 0.522. The maximum absolute atomic E-state index is 7.26. The summed E-state index contributed by atoms with van der Waals surface area (Å²) in [4.78, 5) is 0. The number of aryl methyl sites for hydroxylation is 2. The summed E-state index contributed by atoms with van der Waals surface area (Å²) in [5.41, 5.74) is 6.26. The van der Waals surface area contributed by atoms with Crippen molar-refractivity contribution in [2.45, 2.75) is 19.4 Å². The highest BCUT2D eigenvalue weighted by Gasteiger charge is 2.11. The molecule has 0 aliphatic rings. The maximum Gasteiger partial charge on any atom is 0.172 e. The van der Waals surface area contributed by atoms with Crippen molar-refractivity contribution in [1.82, 2.24) is 25.1 Å². The largest absolute Gasteiger partial charge is 0.382 e. The zero-order valence-electron chi connectivity index (χ0n) is 8.50. The van der Waals surface area contributed by atoms with Gasteiger partial charge in [0.1, 0.15) is 24.2 Å². The minimum atomic E-state index is -0.124. The summed E-state index contributed by atoms with van der Waals surface area (Å²) in [7, 11) is 0. The van der Waals surface area contributed by atoms with E-state index in [9.17, 15) is 0 Å². The van der Waals surface area contributed by atoms with Gasteiger partial charge in [-0.2, -0.15) is 0 Å². The van der Waals surface area contributed by atoms with Gasteiger partial charge in [0.05, 0.1) is 0 Å². The van der Waals surface area contributed by atoms with Crippen molar-refractivity contribution in [3.63, 3.8) is 0 Å². The second-order valence-electron chi connectivity index (χ2n) is 3.28. The zero-order chi connectivity index (χ0) is 11.4. The van der Waals surface area contributed by atoms with Crippen molar-refractivity contribution in [2.75, 3.05) is 0 Å². The Morgan fingerprint density at radius 3 is 2.81 bits per heavy atom. The maximum atomic E-state index is 7.26. The number of nitrogens with zero attached hydrogens (tertiary/aromatic N) is 5. The molecule has 84 valence electrons. The van der Waals surface area contributed by atoms with Crippen LogP contribution in [0.5, 0.6) is 0 Å². The van der Waals surface area contributed by atoms with E-state index in [0.29, 0.717) is 17.8 Å². The van der Waals surface area contributed by atoms with Crippen LogP contribution in [0.15, 0.2) is 17.3 Å². The van der Waals surface area contributed by atoms with Gasteiger partial charge in [-0.15, -0.1) is 10.2 Å². The van der Waals surface area contributed by atoms with E-state index in [1.54, 1.807) is 12.7 Å². The number of hydrogen-bond acceptors (Lipinski definition) is 6. The molecule has 0 unspecified atom stereocenters. The Hall–Kier alpha value is -2.25. The van der Waals surface area contributed by atoms with Gasteiger partial charge in [0, 0.05) is 6.54 Å². The third kappa shape index (κ3) is 2.22. The van der Waals surface area contributed by atoms with Gasteiger partial charge < -0.3 is 10.3 Å². The van der Waals surface area contributed by atoms with Gasteiger partial charge in [-0.25, -0.2) is 4.63 Å². The molecule has 2 aromatic heterocycles. The van der Waals surface area contributed by atoms with Crippen LogP contribution in [0.1, 0.15) is 17.8 Å². The highest BCUT2D eigenvalue weighted by molar-refractivity contribution is 5.93. The molecule has 8 heteroatoms. The number of nitrogens with one attached hydrogen (secondary N) is 1. The van der Waals surface area contributed by atoms with E-state index in [1.165, 1.54) is 0 Å². The van der Waals surface area contributed by atoms with Crippen molar-refractivity contribution in [3.05, 3.63) is 24.0 Å². The minimum absolute atomic E-state index is 0.124. The Labute approximate surface area is 90.9 Å². The van der Waals surface area contributed by atoms with Gasteiger partial charge in [0.2, 0.25) is 0 Å². The van der Waals surface area contributed by atoms with Crippen LogP contribution in [0.3, 0.4) is 0 Å². The molecule has 0 bridgehead atoms. The second-order valence-corrected chi connectivity index (χ2v) is 3.28. The fraction of sp³-hybridized carbons (Fsp3) is 0.375. The van der Waals surface area contributed by atoms with Crippen LogP contribution in [-0.4, -0.2) is 30.9 Å². The lowest BCUT2D eigenvalue weighted by Crippen LogP contribution is -2.14. The summed E-state index contributed by atoms with van der Waals surface area (Å²) in [6.07, 6.45) is 4.77. The molecule has 0 amide bonds. The molecule has 2 aromatic rings. The summed E-state index contributed by atoms with van der Waals surface area (Å²) in [5.74, 6) is -0.124. The molecular formula is C8H11N7O. The average Bonchev–Trinajstić information content (AvgIpc) is 2.87. The van der Waals surface area contributed by atoms with E-state index in [1.807, 2.05) is 4.57 Å². The summed E-state index contributed by atoms with van der Waals surface area (Å²) < 4.78 is 6.40. The van der Waals surface area contributed by atoms with E-state index in [4.69, 9.17) is 11.1 Å². The standard InChI is InChI=1S/C8H11N7O/c9-8(10)7-6(13-16-14-7)2-1-3-15-4-11-12-5-15/h4-5H,1-3H2,(H3,9,10). The minimum Gasteiger partial charge on any atom is -0.382 e. The van der Waals surface area contributed by atoms with E-state index in [2.05, 4.69) is 25.1 Å². The van der Waals surface area contributed by atoms with Gasteiger partial charge in [0.15, 0.2) is 5.69 Å². The number of rotatable bonds is 5. The Kier molecular flexibility index (Phi) is 2.90. The first-order chi connectivity index (χ1) is 7.77. The Morgan fingerprint density at radius 1 is 1.38 bits per heavy atom.